The van der Waals surface area contributed by atoms with E-state index in [1.165, 1.54) is 0 Å². The summed E-state index contributed by atoms with van der Waals surface area (Å²) in [6, 6.07) is 6.31. The number of anilines is 1. The molecule has 1 fully saturated rings. The van der Waals surface area contributed by atoms with Crippen LogP contribution in [0.15, 0.2) is 18.2 Å². The van der Waals surface area contributed by atoms with Crippen LogP contribution < -0.4 is 10.2 Å². The number of para-hydroxylation sites is 1. The zero-order valence-corrected chi connectivity index (χ0v) is 12.4. The number of hydrogen-bond donors (Lipinski definition) is 1. The molecule has 1 aliphatic heterocycles. The normalized spacial score (nSPS) is 24.3. The van der Waals surface area contributed by atoms with E-state index in [1.807, 2.05) is 18.2 Å². The molecule has 0 amide bonds. The van der Waals surface area contributed by atoms with Crippen molar-refractivity contribution in [3.63, 3.8) is 0 Å². The molecule has 0 aliphatic carbocycles. The minimum absolute atomic E-state index is 0.603. The maximum Gasteiger partial charge on any atom is 0.0745 e. The monoisotopic (exact) mass is 286 g/mol. The number of rotatable bonds is 3. The van der Waals surface area contributed by atoms with Crippen LogP contribution in [0.2, 0.25) is 10.0 Å². The molecule has 1 heterocycles. The summed E-state index contributed by atoms with van der Waals surface area (Å²) >= 11 is 12.5. The van der Waals surface area contributed by atoms with Gasteiger partial charge < -0.3 is 10.2 Å². The van der Waals surface area contributed by atoms with Crippen molar-refractivity contribution in [1.82, 2.24) is 5.32 Å². The van der Waals surface area contributed by atoms with Crippen LogP contribution >= 0.6 is 23.2 Å². The molecular weight excluding hydrogens is 267 g/mol. The first kappa shape index (κ1) is 14.0. The highest BCUT2D eigenvalue weighted by Crippen LogP contribution is 2.35. The summed E-state index contributed by atoms with van der Waals surface area (Å²) in [6.07, 6.45) is 1.14. The number of halogens is 2. The summed E-state index contributed by atoms with van der Waals surface area (Å²) < 4.78 is 0. The third-order valence-corrected chi connectivity index (χ3v) is 4.24. The van der Waals surface area contributed by atoms with Crippen LogP contribution in [0.25, 0.3) is 0 Å². The highest BCUT2D eigenvalue weighted by Gasteiger charge is 2.27. The number of benzene rings is 1. The van der Waals surface area contributed by atoms with Gasteiger partial charge in [0.15, 0.2) is 0 Å². The molecule has 2 nitrogen and oxygen atoms in total. The van der Waals surface area contributed by atoms with Gasteiger partial charge >= 0.3 is 0 Å². The quantitative estimate of drug-likeness (QED) is 0.909. The Bertz CT molecular complexity index is 389. The summed E-state index contributed by atoms with van der Waals surface area (Å²) in [7, 11) is 0. The highest BCUT2D eigenvalue weighted by molar-refractivity contribution is 6.39. The standard InChI is InChI=1S/C14H20Cl2N2/c1-3-17-13-7-8-18(9-10(13)2)14-11(15)5-4-6-12(14)16/h4-6,10,13,17H,3,7-9H2,1-2H3. The van der Waals surface area contributed by atoms with E-state index in [9.17, 15) is 0 Å². The second-order valence-electron chi connectivity index (χ2n) is 4.95. The smallest absolute Gasteiger partial charge is 0.0745 e. The predicted octanol–water partition coefficient (Wildman–Crippen LogP) is 3.82. The van der Waals surface area contributed by atoms with Gasteiger partial charge in [0, 0.05) is 19.1 Å². The fraction of sp³-hybridized carbons (Fsp3) is 0.571. The average Bonchev–Trinajstić information content (AvgIpc) is 2.32. The highest BCUT2D eigenvalue weighted by atomic mass is 35.5. The van der Waals surface area contributed by atoms with Crippen molar-refractivity contribution in [2.45, 2.75) is 26.3 Å². The van der Waals surface area contributed by atoms with E-state index in [4.69, 9.17) is 23.2 Å². The molecule has 4 heteroatoms. The van der Waals surface area contributed by atoms with Crippen LogP contribution in [0, 0.1) is 5.92 Å². The molecule has 1 aromatic carbocycles. The summed E-state index contributed by atoms with van der Waals surface area (Å²) in [5.74, 6) is 0.603. The molecule has 2 unspecified atom stereocenters. The van der Waals surface area contributed by atoms with Crippen LogP contribution in [0.5, 0.6) is 0 Å². The van der Waals surface area contributed by atoms with E-state index >= 15 is 0 Å². The number of hydrogen-bond acceptors (Lipinski definition) is 2. The van der Waals surface area contributed by atoms with Crippen LogP contribution in [-0.4, -0.2) is 25.7 Å². The molecule has 2 rings (SSSR count). The minimum Gasteiger partial charge on any atom is -0.369 e. The van der Waals surface area contributed by atoms with Crippen molar-refractivity contribution < 1.29 is 0 Å². The van der Waals surface area contributed by atoms with Gasteiger partial charge in [-0.25, -0.2) is 0 Å². The Hall–Kier alpha value is -0.440. The van der Waals surface area contributed by atoms with Crippen molar-refractivity contribution in [1.29, 1.82) is 0 Å². The summed E-state index contributed by atoms with van der Waals surface area (Å²) in [5, 5.41) is 5.04. The summed E-state index contributed by atoms with van der Waals surface area (Å²) in [4.78, 5) is 2.31. The lowest BCUT2D eigenvalue weighted by Gasteiger charge is -2.39. The third-order valence-electron chi connectivity index (χ3n) is 3.63. The van der Waals surface area contributed by atoms with Crippen molar-refractivity contribution in [2.75, 3.05) is 24.5 Å². The van der Waals surface area contributed by atoms with Gasteiger partial charge in [0.1, 0.15) is 0 Å². The van der Waals surface area contributed by atoms with E-state index in [2.05, 4.69) is 24.1 Å². The number of piperidine rings is 1. The van der Waals surface area contributed by atoms with Gasteiger partial charge in [-0.05, 0) is 31.0 Å². The maximum absolute atomic E-state index is 6.27. The van der Waals surface area contributed by atoms with Crippen molar-refractivity contribution in [3.8, 4) is 0 Å². The van der Waals surface area contributed by atoms with Crippen LogP contribution in [0.4, 0.5) is 5.69 Å². The molecule has 0 saturated carbocycles. The molecule has 2 atom stereocenters. The first-order valence-corrected chi connectivity index (χ1v) is 7.31. The Morgan fingerprint density at radius 1 is 1.33 bits per heavy atom. The SMILES string of the molecule is CCNC1CCN(c2c(Cl)cccc2Cl)CC1C. The molecule has 1 aromatic rings. The Kier molecular flexibility index (Phi) is 4.77. The van der Waals surface area contributed by atoms with Crippen molar-refractivity contribution in [2.24, 2.45) is 5.92 Å². The molecule has 0 bridgehead atoms. The van der Waals surface area contributed by atoms with Crippen molar-refractivity contribution in [3.05, 3.63) is 28.2 Å². The lowest BCUT2D eigenvalue weighted by Crippen LogP contribution is -2.48. The van der Waals surface area contributed by atoms with Gasteiger partial charge in [-0.2, -0.15) is 0 Å². The fourth-order valence-electron chi connectivity index (χ4n) is 2.71. The van der Waals surface area contributed by atoms with Crippen LogP contribution in [0.3, 0.4) is 0 Å². The molecule has 0 radical (unpaired) electrons. The second kappa shape index (κ2) is 6.14. The number of nitrogens with zero attached hydrogens (tertiary/aromatic N) is 1. The minimum atomic E-state index is 0.603. The molecule has 0 aromatic heterocycles. The Morgan fingerprint density at radius 3 is 2.56 bits per heavy atom. The van der Waals surface area contributed by atoms with Gasteiger partial charge in [0.05, 0.1) is 15.7 Å². The largest absolute Gasteiger partial charge is 0.369 e. The van der Waals surface area contributed by atoms with Crippen LogP contribution in [-0.2, 0) is 0 Å². The average molecular weight is 287 g/mol. The van der Waals surface area contributed by atoms with Gasteiger partial charge in [-0.1, -0.05) is 43.1 Å². The topological polar surface area (TPSA) is 15.3 Å². The summed E-state index contributed by atoms with van der Waals surface area (Å²) in [6.45, 7) is 7.47. The van der Waals surface area contributed by atoms with Gasteiger partial charge in [-0.15, -0.1) is 0 Å². The Morgan fingerprint density at radius 2 is 2.00 bits per heavy atom. The van der Waals surface area contributed by atoms with Crippen molar-refractivity contribution >= 4 is 28.9 Å². The third kappa shape index (κ3) is 2.93. The Labute approximate surface area is 119 Å². The first-order chi connectivity index (χ1) is 8.63. The van der Waals surface area contributed by atoms with E-state index < -0.39 is 0 Å². The molecule has 1 aliphatic rings. The zero-order chi connectivity index (χ0) is 13.1. The van der Waals surface area contributed by atoms with Gasteiger partial charge in [0.25, 0.3) is 0 Å². The zero-order valence-electron chi connectivity index (χ0n) is 10.9. The molecule has 18 heavy (non-hydrogen) atoms. The summed E-state index contributed by atoms with van der Waals surface area (Å²) in [5.41, 5.74) is 0.989. The molecular formula is C14H20Cl2N2. The second-order valence-corrected chi connectivity index (χ2v) is 5.76. The Balaban J connectivity index is 2.13. The van der Waals surface area contributed by atoms with E-state index in [0.717, 1.165) is 41.8 Å². The van der Waals surface area contributed by atoms with Crippen LogP contribution in [0.1, 0.15) is 20.3 Å². The lowest BCUT2D eigenvalue weighted by atomic mass is 9.93. The fourth-order valence-corrected chi connectivity index (χ4v) is 3.34. The maximum atomic E-state index is 6.27. The molecule has 1 saturated heterocycles. The molecule has 0 spiro atoms. The van der Waals surface area contributed by atoms with E-state index in [0.29, 0.717) is 12.0 Å². The number of nitrogens with one attached hydrogen (secondary N) is 1. The molecule has 100 valence electrons. The first-order valence-electron chi connectivity index (χ1n) is 6.55. The van der Waals surface area contributed by atoms with Gasteiger partial charge in [-0.3, -0.25) is 0 Å². The van der Waals surface area contributed by atoms with E-state index in [1.54, 1.807) is 0 Å². The predicted molar refractivity (Wildman–Crippen MR) is 79.9 cm³/mol. The van der Waals surface area contributed by atoms with Gasteiger partial charge in [0.2, 0.25) is 0 Å². The lowest BCUT2D eigenvalue weighted by molar-refractivity contribution is 0.327. The molecule has 1 N–H and O–H groups in total. The van der Waals surface area contributed by atoms with E-state index in [-0.39, 0.29) is 0 Å².